The Kier molecular flexibility index (Phi) is 6.12. The minimum Gasteiger partial charge on any atom is -0.506 e. The molecule has 0 spiro atoms. The quantitative estimate of drug-likeness (QED) is 0.381. The number of hydrogen-bond donors (Lipinski definition) is 4. The Morgan fingerprint density at radius 3 is 2.84 bits per heavy atom. The lowest BCUT2D eigenvalue weighted by molar-refractivity contribution is -0.118. The average Bonchev–Trinajstić information content (AvgIpc) is 3.42. The van der Waals surface area contributed by atoms with Gasteiger partial charge in [0, 0.05) is 29.5 Å². The Labute approximate surface area is 187 Å². The molecule has 0 bridgehead atoms. The molecular weight excluding hydrogens is 458 g/mol. The number of aromatic hydroxyl groups is 1. The number of rotatable bonds is 7. The van der Waals surface area contributed by atoms with Crippen LogP contribution in [-0.4, -0.2) is 46.4 Å². The van der Waals surface area contributed by atoms with Gasteiger partial charge in [-0.25, -0.2) is 13.4 Å². The maximum Gasteiger partial charge on any atom is 0.267 e. The molecule has 4 N–H and O–H groups in total. The van der Waals surface area contributed by atoms with E-state index in [1.54, 1.807) is 36.4 Å². The van der Waals surface area contributed by atoms with Gasteiger partial charge in [-0.05, 0) is 24.2 Å². The lowest BCUT2D eigenvalue weighted by Gasteiger charge is -2.15. The molecule has 2 heterocycles. The summed E-state index contributed by atoms with van der Waals surface area (Å²) in [5, 5.41) is 21.4. The number of nitrogens with one attached hydrogen (secondary N) is 3. The number of phenolic OH excluding ortho intramolecular Hbond substituents is 1. The van der Waals surface area contributed by atoms with Gasteiger partial charge in [0.2, 0.25) is 5.91 Å². The van der Waals surface area contributed by atoms with Gasteiger partial charge in [0.1, 0.15) is 16.3 Å². The van der Waals surface area contributed by atoms with Crippen LogP contribution in [0.2, 0.25) is 0 Å². The highest BCUT2D eigenvalue weighted by molar-refractivity contribution is 8.19. The normalized spacial score (nSPS) is 16.3. The number of benzene rings is 2. The van der Waals surface area contributed by atoms with Crippen LogP contribution in [-0.2, 0) is 14.8 Å². The van der Waals surface area contributed by atoms with Crippen LogP contribution < -0.4 is 10.0 Å². The summed E-state index contributed by atoms with van der Waals surface area (Å²) in [6.07, 6.45) is 3.56. The van der Waals surface area contributed by atoms with Crippen LogP contribution in [0.1, 0.15) is 13.3 Å². The van der Waals surface area contributed by atoms with Crippen molar-refractivity contribution in [1.29, 1.82) is 0 Å². The summed E-state index contributed by atoms with van der Waals surface area (Å²) in [4.78, 5) is 15.6. The first-order valence-electron chi connectivity index (χ1n) is 9.25. The summed E-state index contributed by atoms with van der Waals surface area (Å²) >= 11 is 2.36. The molecule has 1 aliphatic heterocycles. The molecule has 1 aliphatic rings. The summed E-state index contributed by atoms with van der Waals surface area (Å²) in [6.45, 7) is 1.83. The average molecular weight is 478 g/mol. The van der Waals surface area contributed by atoms with Crippen molar-refractivity contribution < 1.29 is 18.3 Å². The highest BCUT2D eigenvalue weighted by atomic mass is 32.3. The Morgan fingerprint density at radius 1 is 1.35 bits per heavy atom. The molecule has 0 fully saturated rings. The van der Waals surface area contributed by atoms with Crippen LogP contribution in [0.5, 0.6) is 5.75 Å². The molecule has 31 heavy (non-hydrogen) atoms. The number of carbonyl (C=O) groups is 1. The summed E-state index contributed by atoms with van der Waals surface area (Å²) in [7, 11) is -3.83. The fourth-order valence-corrected chi connectivity index (χ4v) is 6.67. The van der Waals surface area contributed by atoms with E-state index in [4.69, 9.17) is 0 Å². The van der Waals surface area contributed by atoms with Crippen LogP contribution >= 0.6 is 23.5 Å². The molecule has 1 amide bonds. The fraction of sp³-hybridized carbons (Fsp3) is 0.211. The number of carbonyl (C=O) groups excluding carboxylic acids is 1. The molecule has 1 aromatic heterocycles. The van der Waals surface area contributed by atoms with Gasteiger partial charge >= 0.3 is 0 Å². The maximum absolute atomic E-state index is 13.1. The van der Waals surface area contributed by atoms with E-state index in [9.17, 15) is 18.3 Å². The van der Waals surface area contributed by atoms with Crippen LogP contribution in [0.4, 0.5) is 5.69 Å². The van der Waals surface area contributed by atoms with Gasteiger partial charge in [-0.1, -0.05) is 30.3 Å². The van der Waals surface area contributed by atoms with E-state index in [-0.39, 0.29) is 21.1 Å². The number of anilines is 1. The molecule has 9 nitrogen and oxygen atoms in total. The van der Waals surface area contributed by atoms with E-state index < -0.39 is 10.0 Å². The number of allylic oxidation sites excluding steroid dienone is 1. The zero-order chi connectivity index (χ0) is 22.0. The Bertz CT molecular complexity index is 1260. The molecule has 162 valence electrons. The number of fused-ring (bicyclic) bond motifs is 1. The molecule has 0 saturated heterocycles. The second-order valence-electron chi connectivity index (χ2n) is 6.75. The number of nitrogens with zero attached hydrogens (tertiary/aromatic N) is 2. The van der Waals surface area contributed by atoms with Crippen molar-refractivity contribution in [2.75, 3.05) is 11.3 Å². The number of H-pyrrole nitrogens is 1. The minimum absolute atomic E-state index is 0.0322. The van der Waals surface area contributed by atoms with E-state index in [1.807, 2.05) is 0 Å². The smallest absolute Gasteiger partial charge is 0.267 e. The Hall–Kier alpha value is -2.70. The van der Waals surface area contributed by atoms with E-state index in [0.717, 1.165) is 11.8 Å². The first-order chi connectivity index (χ1) is 14.8. The fourth-order valence-electron chi connectivity index (χ4n) is 3.08. The first kappa shape index (κ1) is 21.5. The summed E-state index contributed by atoms with van der Waals surface area (Å²) in [5.41, 5.74) is 0.349. The molecule has 1 unspecified atom stereocenters. The van der Waals surface area contributed by atoms with E-state index in [1.165, 1.54) is 25.0 Å². The van der Waals surface area contributed by atoms with Gasteiger partial charge in [-0.3, -0.25) is 14.6 Å². The van der Waals surface area contributed by atoms with Crippen molar-refractivity contribution in [1.82, 2.24) is 20.5 Å². The number of hydrogen-bond acceptors (Lipinski definition) is 8. The van der Waals surface area contributed by atoms with Crippen molar-refractivity contribution in [3.8, 4) is 5.75 Å². The molecule has 12 heteroatoms. The topological polar surface area (TPSA) is 137 Å². The van der Waals surface area contributed by atoms with Gasteiger partial charge in [0.05, 0.1) is 10.6 Å². The van der Waals surface area contributed by atoms with Crippen LogP contribution in [0.25, 0.3) is 10.8 Å². The molecule has 0 radical (unpaired) electrons. The zero-order valence-electron chi connectivity index (χ0n) is 16.3. The number of thioether (sulfide) groups is 1. The third-order valence-corrected chi connectivity index (χ3v) is 8.64. The molecule has 1 atom stereocenters. The van der Waals surface area contributed by atoms with Crippen LogP contribution in [0.3, 0.4) is 0 Å². The summed E-state index contributed by atoms with van der Waals surface area (Å²) in [5.74, 6) is -0.118. The van der Waals surface area contributed by atoms with Crippen LogP contribution in [0.15, 0.2) is 57.0 Å². The lowest BCUT2D eigenvalue weighted by Crippen LogP contribution is -2.27. The predicted molar refractivity (Wildman–Crippen MR) is 121 cm³/mol. The second-order valence-corrected chi connectivity index (χ2v) is 11.0. The highest BCUT2D eigenvalue weighted by Crippen LogP contribution is 2.43. The third-order valence-electron chi connectivity index (χ3n) is 4.50. The van der Waals surface area contributed by atoms with Gasteiger partial charge in [0.15, 0.2) is 5.16 Å². The zero-order valence-corrected chi connectivity index (χ0v) is 18.8. The summed E-state index contributed by atoms with van der Waals surface area (Å²) < 4.78 is 29.0. The van der Waals surface area contributed by atoms with Gasteiger partial charge in [-0.2, -0.15) is 5.10 Å². The van der Waals surface area contributed by atoms with Gasteiger partial charge < -0.3 is 10.4 Å². The molecule has 0 aliphatic carbocycles. The van der Waals surface area contributed by atoms with Crippen molar-refractivity contribution in [2.24, 2.45) is 0 Å². The number of sulfonamides is 1. The largest absolute Gasteiger partial charge is 0.506 e. The molecule has 3 aromatic rings. The minimum atomic E-state index is -3.83. The maximum atomic E-state index is 13.1. The number of aromatic amines is 1. The van der Waals surface area contributed by atoms with Crippen molar-refractivity contribution in [3.05, 3.63) is 47.0 Å². The first-order valence-corrected chi connectivity index (χ1v) is 12.4. The summed E-state index contributed by atoms with van der Waals surface area (Å²) in [6, 6.07) is 8.59. The lowest BCUT2D eigenvalue weighted by atomic mass is 10.1. The monoisotopic (exact) mass is 477 g/mol. The number of phenols is 1. The Balaban J connectivity index is 1.63. The van der Waals surface area contributed by atoms with Crippen molar-refractivity contribution in [3.63, 3.8) is 0 Å². The second kappa shape index (κ2) is 8.81. The highest BCUT2D eigenvalue weighted by Gasteiger charge is 2.28. The predicted octanol–water partition coefficient (Wildman–Crippen LogP) is 3.04. The molecule has 0 saturated carbocycles. The number of amides is 1. The van der Waals surface area contributed by atoms with Gasteiger partial charge in [0.25, 0.3) is 10.0 Å². The molecule has 2 aromatic carbocycles. The SMILES string of the molecule is CC(=O)NCC1CC=C(S(=O)(=O)Nc2cc(Sc3ncn[nH]3)c(O)c3ccccc23)S1. The van der Waals surface area contributed by atoms with Crippen LogP contribution in [0, 0.1) is 0 Å². The van der Waals surface area contributed by atoms with E-state index >= 15 is 0 Å². The van der Waals surface area contributed by atoms with E-state index in [2.05, 4.69) is 25.2 Å². The van der Waals surface area contributed by atoms with Crippen molar-refractivity contribution in [2.45, 2.75) is 28.6 Å². The standard InChI is InChI=1S/C19H19N5O4S3/c1-11(25)20-9-12-6-7-17(29-12)31(27,28)24-15-8-16(30-19-21-10-22-23-19)18(26)14-5-3-2-4-13(14)15/h2-5,7-8,10,12,24,26H,6,9H2,1H3,(H,20,25)(H,21,22,23). The molecular formula is C19H19N5O4S3. The third kappa shape index (κ3) is 4.81. The molecule has 4 rings (SSSR count). The van der Waals surface area contributed by atoms with Gasteiger partial charge in [-0.15, -0.1) is 11.8 Å². The Morgan fingerprint density at radius 2 is 2.13 bits per heavy atom. The van der Waals surface area contributed by atoms with Crippen molar-refractivity contribution >= 4 is 55.9 Å². The van der Waals surface area contributed by atoms with E-state index in [0.29, 0.717) is 39.5 Å². The number of aromatic nitrogens is 3.